The van der Waals surface area contributed by atoms with Crippen LogP contribution in [0, 0.1) is 17.0 Å². The zero-order valence-corrected chi connectivity index (χ0v) is 12.3. The van der Waals surface area contributed by atoms with E-state index in [-0.39, 0.29) is 11.3 Å². The Bertz CT molecular complexity index is 671. The maximum absolute atomic E-state index is 11.5. The molecule has 0 bridgehead atoms. The lowest BCUT2D eigenvalue weighted by atomic mass is 10.2. The summed E-state index contributed by atoms with van der Waals surface area (Å²) in [6.45, 7) is 3.11. The fourth-order valence-corrected chi connectivity index (χ4v) is 2.37. The molecule has 0 fully saturated rings. The van der Waals surface area contributed by atoms with Gasteiger partial charge >= 0.3 is 0 Å². The number of aryl methyl sites for hydroxylation is 1. The monoisotopic (exact) mass is 317 g/mol. The first kappa shape index (κ1) is 16.9. The van der Waals surface area contributed by atoms with Gasteiger partial charge in [0.2, 0.25) is 10.0 Å². The number of nitro benzene ring substituents is 1. The molecule has 0 heterocycles. The summed E-state index contributed by atoms with van der Waals surface area (Å²) in [6.07, 6.45) is 0. The van der Waals surface area contributed by atoms with E-state index in [0.717, 1.165) is 12.1 Å². The molecule has 1 aromatic carbocycles. The number of hydrogen-bond donors (Lipinski definition) is 2. The second-order valence-electron chi connectivity index (χ2n) is 4.13. The van der Waals surface area contributed by atoms with Crippen LogP contribution < -0.4 is 15.2 Å². The highest BCUT2D eigenvalue weighted by molar-refractivity contribution is 7.89. The highest BCUT2D eigenvalue weighted by Crippen LogP contribution is 2.31. The maximum Gasteiger partial charge on any atom is 0.271 e. The van der Waals surface area contributed by atoms with Crippen molar-refractivity contribution >= 4 is 21.6 Å². The van der Waals surface area contributed by atoms with E-state index >= 15 is 0 Å². The molecule has 0 atom stereocenters. The lowest BCUT2D eigenvalue weighted by Crippen LogP contribution is -2.29. The fourth-order valence-electron chi connectivity index (χ4n) is 1.61. The molecule has 1 amide bonds. The number of carbonyl (C=O) groups excluding carboxylic acids is 1. The SMILES string of the molecule is CCNC(=O)COc1c(C)cc([N+](=O)[O-])cc1S(N)(=O)=O. The van der Waals surface area contributed by atoms with Crippen molar-refractivity contribution in [1.29, 1.82) is 0 Å². The largest absolute Gasteiger partial charge is 0.482 e. The van der Waals surface area contributed by atoms with Crippen molar-refractivity contribution in [3.8, 4) is 5.75 Å². The Morgan fingerprint density at radius 2 is 2.10 bits per heavy atom. The predicted molar refractivity (Wildman–Crippen MR) is 73.4 cm³/mol. The lowest BCUT2D eigenvalue weighted by molar-refractivity contribution is -0.385. The summed E-state index contributed by atoms with van der Waals surface area (Å²) in [5.41, 5.74) is -0.237. The van der Waals surface area contributed by atoms with E-state index < -0.39 is 38.0 Å². The molecule has 3 N–H and O–H groups in total. The molecule has 10 heteroatoms. The zero-order chi connectivity index (χ0) is 16.2. The summed E-state index contributed by atoms with van der Waals surface area (Å²) >= 11 is 0. The molecule has 0 aliphatic heterocycles. The molecule has 116 valence electrons. The van der Waals surface area contributed by atoms with Crippen molar-refractivity contribution in [2.45, 2.75) is 18.7 Å². The number of nitrogens with zero attached hydrogens (tertiary/aromatic N) is 1. The molecule has 1 rings (SSSR count). The zero-order valence-electron chi connectivity index (χ0n) is 11.5. The van der Waals surface area contributed by atoms with Crippen LogP contribution in [-0.2, 0) is 14.8 Å². The van der Waals surface area contributed by atoms with E-state index in [2.05, 4.69) is 5.32 Å². The Morgan fingerprint density at radius 1 is 1.48 bits per heavy atom. The first-order chi connectivity index (χ1) is 9.66. The number of benzene rings is 1. The van der Waals surface area contributed by atoms with Crippen LogP contribution in [0.1, 0.15) is 12.5 Å². The van der Waals surface area contributed by atoms with E-state index in [4.69, 9.17) is 9.88 Å². The number of carbonyl (C=O) groups is 1. The third-order valence-electron chi connectivity index (χ3n) is 2.46. The lowest BCUT2D eigenvalue weighted by Gasteiger charge is -2.12. The van der Waals surface area contributed by atoms with Gasteiger partial charge in [-0.3, -0.25) is 14.9 Å². The minimum Gasteiger partial charge on any atom is -0.482 e. The average molecular weight is 317 g/mol. The molecule has 0 unspecified atom stereocenters. The minimum absolute atomic E-state index is 0.172. The Kier molecular flexibility index (Phi) is 5.22. The van der Waals surface area contributed by atoms with Crippen LogP contribution in [0.2, 0.25) is 0 Å². The summed E-state index contributed by atoms with van der Waals surface area (Å²) in [5, 5.41) is 18.3. The second kappa shape index (κ2) is 6.50. The first-order valence-electron chi connectivity index (χ1n) is 5.88. The molecular weight excluding hydrogens is 302 g/mol. The number of ether oxygens (including phenoxy) is 1. The van der Waals surface area contributed by atoms with Gasteiger partial charge in [-0.2, -0.15) is 0 Å². The number of non-ortho nitro benzene ring substituents is 1. The topological polar surface area (TPSA) is 142 Å². The minimum atomic E-state index is -4.23. The van der Waals surface area contributed by atoms with Crippen molar-refractivity contribution in [2.24, 2.45) is 5.14 Å². The number of rotatable bonds is 6. The Labute approximate surface area is 121 Å². The van der Waals surface area contributed by atoms with E-state index in [1.165, 1.54) is 6.92 Å². The van der Waals surface area contributed by atoms with Gasteiger partial charge in [-0.1, -0.05) is 0 Å². The third kappa shape index (κ3) is 4.39. The molecule has 9 nitrogen and oxygen atoms in total. The molecule has 0 saturated heterocycles. The van der Waals surface area contributed by atoms with E-state index in [1.807, 2.05) is 0 Å². The molecule has 1 aromatic rings. The molecule has 0 saturated carbocycles. The highest BCUT2D eigenvalue weighted by Gasteiger charge is 2.23. The van der Waals surface area contributed by atoms with Crippen molar-refractivity contribution in [2.75, 3.05) is 13.2 Å². The Balaban J connectivity index is 3.24. The predicted octanol–water partition coefficient (Wildman–Crippen LogP) is 0.0655. The van der Waals surface area contributed by atoms with Crippen LogP contribution in [0.15, 0.2) is 17.0 Å². The molecular formula is C11H15N3O6S. The van der Waals surface area contributed by atoms with Gasteiger partial charge < -0.3 is 10.1 Å². The molecule has 0 aromatic heterocycles. The van der Waals surface area contributed by atoms with Crippen LogP contribution in [0.3, 0.4) is 0 Å². The maximum atomic E-state index is 11.5. The summed E-state index contributed by atoms with van der Waals surface area (Å²) in [4.78, 5) is 20.8. The third-order valence-corrected chi connectivity index (χ3v) is 3.38. The molecule has 0 radical (unpaired) electrons. The van der Waals surface area contributed by atoms with Gasteiger partial charge in [0.05, 0.1) is 4.92 Å². The van der Waals surface area contributed by atoms with Crippen LogP contribution in [0.25, 0.3) is 0 Å². The van der Waals surface area contributed by atoms with Gasteiger partial charge in [-0.15, -0.1) is 0 Å². The number of primary sulfonamides is 1. The van der Waals surface area contributed by atoms with Gasteiger partial charge in [0.15, 0.2) is 6.61 Å². The molecule has 0 aliphatic rings. The molecule has 0 aliphatic carbocycles. The molecule has 21 heavy (non-hydrogen) atoms. The van der Waals surface area contributed by atoms with Gasteiger partial charge in [-0.25, -0.2) is 13.6 Å². The number of nitrogens with two attached hydrogens (primary N) is 1. The normalized spacial score (nSPS) is 11.0. The van der Waals surface area contributed by atoms with Gasteiger partial charge in [0.25, 0.3) is 11.6 Å². The van der Waals surface area contributed by atoms with Crippen molar-refractivity contribution in [3.63, 3.8) is 0 Å². The summed E-state index contributed by atoms with van der Waals surface area (Å²) < 4.78 is 28.2. The number of nitrogens with one attached hydrogen (secondary N) is 1. The van der Waals surface area contributed by atoms with Crippen molar-refractivity contribution in [1.82, 2.24) is 5.32 Å². The van der Waals surface area contributed by atoms with E-state index in [1.54, 1.807) is 6.92 Å². The number of likely N-dealkylation sites (N-methyl/N-ethyl adjacent to an activating group) is 1. The van der Waals surface area contributed by atoms with Crippen LogP contribution >= 0.6 is 0 Å². The summed E-state index contributed by atoms with van der Waals surface area (Å²) in [7, 11) is -4.23. The quantitative estimate of drug-likeness (QED) is 0.561. The van der Waals surface area contributed by atoms with Crippen LogP contribution in [0.5, 0.6) is 5.75 Å². The van der Waals surface area contributed by atoms with Crippen molar-refractivity contribution in [3.05, 3.63) is 27.8 Å². The number of sulfonamides is 1. The smallest absolute Gasteiger partial charge is 0.271 e. The van der Waals surface area contributed by atoms with Gasteiger partial charge in [-0.05, 0) is 19.4 Å². The second-order valence-corrected chi connectivity index (χ2v) is 5.66. The Hall–Kier alpha value is -2.20. The van der Waals surface area contributed by atoms with E-state index in [9.17, 15) is 23.3 Å². The fraction of sp³-hybridized carbons (Fsp3) is 0.364. The Morgan fingerprint density at radius 3 is 2.57 bits per heavy atom. The average Bonchev–Trinajstić information content (AvgIpc) is 2.35. The van der Waals surface area contributed by atoms with E-state index in [0.29, 0.717) is 6.54 Å². The number of amides is 1. The van der Waals surface area contributed by atoms with Crippen molar-refractivity contribution < 1.29 is 22.9 Å². The van der Waals surface area contributed by atoms with Gasteiger partial charge in [0, 0.05) is 18.7 Å². The standard InChI is InChI=1S/C11H15N3O6S/c1-3-13-10(15)6-20-11-7(2)4-8(14(16)17)5-9(11)21(12,18)19/h4-5H,3,6H2,1-2H3,(H,13,15)(H2,12,18,19). The summed E-state index contributed by atoms with van der Waals surface area (Å²) in [6, 6.07) is 1.94. The molecule has 0 spiro atoms. The number of nitro groups is 1. The van der Waals surface area contributed by atoms with Gasteiger partial charge in [0.1, 0.15) is 10.6 Å². The number of hydrogen-bond acceptors (Lipinski definition) is 6. The highest BCUT2D eigenvalue weighted by atomic mass is 32.2. The van der Waals surface area contributed by atoms with Crippen LogP contribution in [0.4, 0.5) is 5.69 Å². The first-order valence-corrected chi connectivity index (χ1v) is 7.42. The summed E-state index contributed by atoms with van der Waals surface area (Å²) in [5.74, 6) is -0.620. The van der Waals surface area contributed by atoms with Crippen LogP contribution in [-0.4, -0.2) is 32.4 Å².